The van der Waals surface area contributed by atoms with Crippen molar-refractivity contribution in [2.24, 2.45) is 0 Å². The number of rotatable bonds is 6. The second kappa shape index (κ2) is 7.31. The predicted octanol–water partition coefficient (Wildman–Crippen LogP) is 1.73. The highest BCUT2D eigenvalue weighted by molar-refractivity contribution is 6.31. The van der Waals surface area contributed by atoms with Gasteiger partial charge in [-0.05, 0) is 18.2 Å². The number of anilines is 1. The second-order valence-corrected chi connectivity index (χ2v) is 4.73. The Morgan fingerprint density at radius 1 is 1.14 bits per heavy atom. The Hall–Kier alpha value is -1.76. The molecule has 7 heteroatoms. The molecule has 2 aromatic rings. The van der Waals surface area contributed by atoms with Crippen LogP contribution in [0.5, 0.6) is 0 Å². The van der Waals surface area contributed by atoms with Crippen LogP contribution in [0.4, 0.5) is 10.2 Å². The number of aliphatic hydroxyl groups is 2. The Morgan fingerprint density at radius 2 is 1.86 bits per heavy atom. The van der Waals surface area contributed by atoms with Gasteiger partial charge >= 0.3 is 0 Å². The smallest absolute Gasteiger partial charge is 0.147 e. The first-order valence-corrected chi connectivity index (χ1v) is 6.77. The molecule has 2 N–H and O–H groups in total. The summed E-state index contributed by atoms with van der Waals surface area (Å²) < 4.78 is 13.2. The van der Waals surface area contributed by atoms with Gasteiger partial charge in [-0.25, -0.2) is 9.37 Å². The summed E-state index contributed by atoms with van der Waals surface area (Å²) in [5.41, 5.74) is 1.18. The SMILES string of the molecule is OCCN(CCO)c1cncc(-c2ccc(F)c(Cl)c2)n1. The van der Waals surface area contributed by atoms with Crippen LogP contribution < -0.4 is 4.90 Å². The summed E-state index contributed by atoms with van der Waals surface area (Å²) in [6.07, 6.45) is 3.09. The summed E-state index contributed by atoms with van der Waals surface area (Å²) in [6.45, 7) is 0.550. The van der Waals surface area contributed by atoms with Crippen molar-refractivity contribution < 1.29 is 14.6 Å². The van der Waals surface area contributed by atoms with Crippen LogP contribution >= 0.6 is 11.6 Å². The molecule has 0 saturated heterocycles. The zero-order valence-electron chi connectivity index (χ0n) is 11.2. The Kier molecular flexibility index (Phi) is 5.44. The van der Waals surface area contributed by atoms with Crippen LogP contribution in [-0.4, -0.2) is 46.5 Å². The van der Waals surface area contributed by atoms with Gasteiger partial charge in [0.25, 0.3) is 0 Å². The molecule has 1 aromatic heterocycles. The Balaban J connectivity index is 2.33. The zero-order valence-corrected chi connectivity index (χ0v) is 12.0. The third-order valence-corrected chi connectivity index (χ3v) is 3.19. The fourth-order valence-corrected chi connectivity index (χ4v) is 2.07. The predicted molar refractivity (Wildman–Crippen MR) is 78.8 cm³/mol. The van der Waals surface area contributed by atoms with Gasteiger partial charge in [-0.3, -0.25) is 4.98 Å². The van der Waals surface area contributed by atoms with Crippen LogP contribution in [0, 0.1) is 5.82 Å². The molecule has 0 bridgehead atoms. The number of aromatic nitrogens is 2. The van der Waals surface area contributed by atoms with Crippen LogP contribution in [0.25, 0.3) is 11.3 Å². The van der Waals surface area contributed by atoms with E-state index in [0.29, 0.717) is 30.2 Å². The Bertz CT molecular complexity index is 607. The maximum Gasteiger partial charge on any atom is 0.147 e. The molecule has 21 heavy (non-hydrogen) atoms. The van der Waals surface area contributed by atoms with Crippen molar-refractivity contribution in [3.63, 3.8) is 0 Å². The van der Waals surface area contributed by atoms with E-state index in [1.165, 1.54) is 12.1 Å². The molecular formula is C14H15ClFN3O2. The summed E-state index contributed by atoms with van der Waals surface area (Å²) >= 11 is 5.77. The number of hydrogen-bond donors (Lipinski definition) is 2. The van der Waals surface area contributed by atoms with E-state index in [2.05, 4.69) is 9.97 Å². The highest BCUT2D eigenvalue weighted by Crippen LogP contribution is 2.24. The molecule has 1 aromatic carbocycles. The van der Waals surface area contributed by atoms with E-state index >= 15 is 0 Å². The van der Waals surface area contributed by atoms with Gasteiger partial charge in [-0.15, -0.1) is 0 Å². The molecule has 0 unspecified atom stereocenters. The van der Waals surface area contributed by atoms with Crippen molar-refractivity contribution in [3.8, 4) is 11.3 Å². The number of aliphatic hydroxyl groups excluding tert-OH is 2. The lowest BCUT2D eigenvalue weighted by atomic mass is 10.1. The molecule has 0 radical (unpaired) electrons. The fourth-order valence-electron chi connectivity index (χ4n) is 1.88. The van der Waals surface area contributed by atoms with E-state index in [1.54, 1.807) is 23.4 Å². The lowest BCUT2D eigenvalue weighted by molar-refractivity contribution is 0.280. The van der Waals surface area contributed by atoms with E-state index in [-0.39, 0.29) is 18.2 Å². The lowest BCUT2D eigenvalue weighted by Gasteiger charge is -2.21. The van der Waals surface area contributed by atoms with Crippen molar-refractivity contribution in [1.82, 2.24) is 9.97 Å². The highest BCUT2D eigenvalue weighted by atomic mass is 35.5. The van der Waals surface area contributed by atoms with Crippen molar-refractivity contribution in [1.29, 1.82) is 0 Å². The molecule has 0 spiro atoms. The molecule has 0 amide bonds. The van der Waals surface area contributed by atoms with Gasteiger partial charge in [0.2, 0.25) is 0 Å². The fraction of sp³-hybridized carbons (Fsp3) is 0.286. The van der Waals surface area contributed by atoms with E-state index in [0.717, 1.165) is 0 Å². The summed E-state index contributed by atoms with van der Waals surface area (Å²) in [7, 11) is 0. The average Bonchev–Trinajstić information content (AvgIpc) is 2.50. The summed E-state index contributed by atoms with van der Waals surface area (Å²) in [4.78, 5) is 10.2. The molecule has 0 aliphatic heterocycles. The number of hydrogen-bond acceptors (Lipinski definition) is 5. The van der Waals surface area contributed by atoms with Crippen molar-refractivity contribution >= 4 is 17.4 Å². The normalized spacial score (nSPS) is 10.7. The molecule has 0 fully saturated rings. The van der Waals surface area contributed by atoms with Crippen molar-refractivity contribution in [3.05, 3.63) is 41.4 Å². The molecule has 1 heterocycles. The van der Waals surface area contributed by atoms with Gasteiger partial charge in [-0.2, -0.15) is 0 Å². The molecule has 0 atom stereocenters. The molecule has 112 valence electrons. The van der Waals surface area contributed by atoms with Crippen LogP contribution in [0.15, 0.2) is 30.6 Å². The second-order valence-electron chi connectivity index (χ2n) is 4.33. The van der Waals surface area contributed by atoms with E-state index < -0.39 is 5.82 Å². The lowest BCUT2D eigenvalue weighted by Crippen LogP contribution is -2.30. The van der Waals surface area contributed by atoms with Gasteiger partial charge < -0.3 is 15.1 Å². The standard InChI is InChI=1S/C14H15ClFN3O2/c15-11-7-10(1-2-12(11)16)13-8-17-9-14(18-13)19(3-5-20)4-6-21/h1-2,7-9,20-21H,3-6H2. The zero-order chi connectivity index (χ0) is 15.2. The maximum atomic E-state index is 13.2. The molecule has 2 rings (SSSR count). The van der Waals surface area contributed by atoms with Gasteiger partial charge in [0.05, 0.1) is 36.3 Å². The van der Waals surface area contributed by atoms with Crippen molar-refractivity contribution in [2.45, 2.75) is 0 Å². The summed E-state index contributed by atoms with van der Waals surface area (Å²) in [5.74, 6) is 0.0303. The molecular weight excluding hydrogens is 297 g/mol. The minimum atomic E-state index is -0.494. The van der Waals surface area contributed by atoms with E-state index in [4.69, 9.17) is 21.8 Å². The van der Waals surface area contributed by atoms with Gasteiger partial charge in [0.1, 0.15) is 11.6 Å². The van der Waals surface area contributed by atoms with Crippen molar-refractivity contribution in [2.75, 3.05) is 31.2 Å². The van der Waals surface area contributed by atoms with Crippen LogP contribution in [0.2, 0.25) is 5.02 Å². The molecule has 5 nitrogen and oxygen atoms in total. The van der Waals surface area contributed by atoms with Gasteiger partial charge in [0.15, 0.2) is 0 Å². The van der Waals surface area contributed by atoms with E-state index in [9.17, 15) is 4.39 Å². The number of benzene rings is 1. The third-order valence-electron chi connectivity index (χ3n) is 2.90. The Morgan fingerprint density at radius 3 is 2.48 bits per heavy atom. The monoisotopic (exact) mass is 311 g/mol. The van der Waals surface area contributed by atoms with Gasteiger partial charge in [0, 0.05) is 18.7 Å². The third kappa shape index (κ3) is 3.87. The topological polar surface area (TPSA) is 69.5 Å². The number of halogens is 2. The largest absolute Gasteiger partial charge is 0.395 e. The molecule has 0 saturated carbocycles. The first kappa shape index (κ1) is 15.6. The minimum absolute atomic E-state index is 0.0160. The van der Waals surface area contributed by atoms with Crippen LogP contribution in [-0.2, 0) is 0 Å². The quantitative estimate of drug-likeness (QED) is 0.850. The number of nitrogens with zero attached hydrogens (tertiary/aromatic N) is 3. The van der Waals surface area contributed by atoms with Crippen LogP contribution in [0.1, 0.15) is 0 Å². The molecule has 0 aliphatic carbocycles. The van der Waals surface area contributed by atoms with E-state index in [1.807, 2.05) is 0 Å². The summed E-state index contributed by atoms with van der Waals surface area (Å²) in [5, 5.41) is 18.1. The van der Waals surface area contributed by atoms with Crippen LogP contribution in [0.3, 0.4) is 0 Å². The highest BCUT2D eigenvalue weighted by Gasteiger charge is 2.10. The first-order chi connectivity index (χ1) is 10.2. The molecule has 0 aliphatic rings. The first-order valence-electron chi connectivity index (χ1n) is 6.40. The Labute approximate surface area is 126 Å². The minimum Gasteiger partial charge on any atom is -0.395 e. The maximum absolute atomic E-state index is 13.2. The van der Waals surface area contributed by atoms with Gasteiger partial charge in [-0.1, -0.05) is 11.6 Å². The average molecular weight is 312 g/mol. The summed E-state index contributed by atoms with van der Waals surface area (Å²) in [6, 6.07) is 4.32.